The molecule has 0 saturated heterocycles. The minimum Gasteiger partial charge on any atom is -0.493 e. The predicted octanol–water partition coefficient (Wildman–Crippen LogP) is 5.81. The third-order valence-corrected chi connectivity index (χ3v) is 6.07. The molecular weight excluding hydrogens is 480 g/mol. The van der Waals surface area contributed by atoms with Crippen molar-refractivity contribution >= 4 is 49.9 Å². The SMILES string of the molecule is COc1cc(C(=O)Nc2nc(-c3ccc(Cl)cc3)c(C)s2)c(Br)c(OC)c1OC. The predicted molar refractivity (Wildman–Crippen MR) is 119 cm³/mol. The molecule has 152 valence electrons. The van der Waals surface area contributed by atoms with Gasteiger partial charge in [0.1, 0.15) is 0 Å². The summed E-state index contributed by atoms with van der Waals surface area (Å²) in [7, 11) is 4.49. The Kier molecular flexibility index (Phi) is 6.66. The van der Waals surface area contributed by atoms with Crippen LogP contribution < -0.4 is 19.5 Å². The van der Waals surface area contributed by atoms with Gasteiger partial charge in [-0.25, -0.2) is 4.98 Å². The van der Waals surface area contributed by atoms with Crippen molar-refractivity contribution in [3.63, 3.8) is 0 Å². The molecule has 1 heterocycles. The zero-order valence-electron chi connectivity index (χ0n) is 16.1. The number of halogens is 2. The summed E-state index contributed by atoms with van der Waals surface area (Å²) >= 11 is 10.8. The maximum Gasteiger partial charge on any atom is 0.258 e. The third kappa shape index (κ3) is 4.34. The third-order valence-electron chi connectivity index (χ3n) is 4.15. The first-order valence-corrected chi connectivity index (χ1v) is 10.4. The molecule has 0 atom stereocenters. The van der Waals surface area contributed by atoms with Crippen LogP contribution >= 0.6 is 38.9 Å². The average molecular weight is 498 g/mol. The van der Waals surface area contributed by atoms with Crippen molar-refractivity contribution in [1.29, 1.82) is 0 Å². The van der Waals surface area contributed by atoms with E-state index in [0.29, 0.717) is 37.4 Å². The Labute approximate surface area is 185 Å². The molecule has 0 spiro atoms. The summed E-state index contributed by atoms with van der Waals surface area (Å²) in [6, 6.07) is 8.99. The molecule has 0 aliphatic carbocycles. The molecule has 0 bridgehead atoms. The van der Waals surface area contributed by atoms with Gasteiger partial charge in [-0.05, 0) is 41.1 Å². The summed E-state index contributed by atoms with van der Waals surface area (Å²) in [5.41, 5.74) is 2.06. The smallest absolute Gasteiger partial charge is 0.258 e. The Balaban J connectivity index is 1.93. The zero-order chi connectivity index (χ0) is 21.1. The minimum atomic E-state index is -0.354. The van der Waals surface area contributed by atoms with Crippen LogP contribution in [0.5, 0.6) is 17.2 Å². The van der Waals surface area contributed by atoms with Gasteiger partial charge in [0.15, 0.2) is 16.6 Å². The van der Waals surface area contributed by atoms with Crippen LogP contribution in [0.2, 0.25) is 5.02 Å². The Bertz CT molecular complexity index is 1050. The summed E-state index contributed by atoms with van der Waals surface area (Å²) in [5, 5.41) is 3.98. The number of carbonyl (C=O) groups is 1. The molecule has 1 aromatic heterocycles. The van der Waals surface area contributed by atoms with Crippen LogP contribution in [-0.4, -0.2) is 32.2 Å². The van der Waals surface area contributed by atoms with E-state index < -0.39 is 0 Å². The quantitative estimate of drug-likeness (QED) is 0.465. The molecule has 3 aromatic rings. The van der Waals surface area contributed by atoms with Crippen LogP contribution in [0.25, 0.3) is 11.3 Å². The number of thiazole rings is 1. The standard InChI is InChI=1S/C20H18BrClN2O4S/c1-10-16(11-5-7-12(22)8-6-11)23-20(29-10)24-19(25)13-9-14(26-2)17(27-3)18(28-4)15(13)21/h5-9H,1-4H3,(H,23,24,25). The van der Waals surface area contributed by atoms with E-state index in [1.54, 1.807) is 18.2 Å². The molecule has 0 fully saturated rings. The number of aryl methyl sites for hydroxylation is 1. The second-order valence-corrected chi connectivity index (χ2v) is 8.32. The molecule has 1 amide bonds. The van der Waals surface area contributed by atoms with E-state index in [4.69, 9.17) is 25.8 Å². The first-order chi connectivity index (χ1) is 13.9. The summed E-state index contributed by atoms with van der Waals surface area (Å²) in [6.45, 7) is 1.95. The largest absolute Gasteiger partial charge is 0.493 e. The highest BCUT2D eigenvalue weighted by atomic mass is 79.9. The number of carbonyl (C=O) groups excluding carboxylic acids is 1. The van der Waals surface area contributed by atoms with E-state index in [1.165, 1.54) is 32.7 Å². The molecule has 2 aromatic carbocycles. The number of rotatable bonds is 6. The number of aromatic nitrogens is 1. The van der Waals surface area contributed by atoms with Crippen LogP contribution in [0.15, 0.2) is 34.8 Å². The van der Waals surface area contributed by atoms with E-state index in [0.717, 1.165) is 16.1 Å². The fraction of sp³-hybridized carbons (Fsp3) is 0.200. The topological polar surface area (TPSA) is 69.7 Å². The molecule has 0 unspecified atom stereocenters. The normalized spacial score (nSPS) is 10.6. The fourth-order valence-corrected chi connectivity index (χ4v) is 4.37. The number of nitrogens with zero attached hydrogens (tertiary/aromatic N) is 1. The highest BCUT2D eigenvalue weighted by Crippen LogP contribution is 2.45. The van der Waals surface area contributed by atoms with Gasteiger partial charge >= 0.3 is 0 Å². The van der Waals surface area contributed by atoms with E-state index >= 15 is 0 Å². The molecule has 29 heavy (non-hydrogen) atoms. The van der Waals surface area contributed by atoms with Gasteiger partial charge < -0.3 is 14.2 Å². The van der Waals surface area contributed by atoms with Gasteiger partial charge in [0.25, 0.3) is 5.91 Å². The summed E-state index contributed by atoms with van der Waals surface area (Å²) in [5.74, 6) is 0.796. The van der Waals surface area contributed by atoms with Gasteiger partial charge in [-0.3, -0.25) is 10.1 Å². The lowest BCUT2D eigenvalue weighted by atomic mass is 10.1. The van der Waals surface area contributed by atoms with Crippen molar-refractivity contribution in [3.05, 3.63) is 50.3 Å². The van der Waals surface area contributed by atoms with Crippen LogP contribution in [-0.2, 0) is 0 Å². The van der Waals surface area contributed by atoms with Crippen molar-refractivity contribution in [1.82, 2.24) is 4.98 Å². The van der Waals surface area contributed by atoms with Gasteiger partial charge in [0.05, 0.1) is 37.1 Å². The highest BCUT2D eigenvalue weighted by Gasteiger charge is 2.23. The Morgan fingerprint density at radius 2 is 1.76 bits per heavy atom. The van der Waals surface area contributed by atoms with Gasteiger partial charge in [-0.1, -0.05) is 23.7 Å². The maximum atomic E-state index is 12.9. The van der Waals surface area contributed by atoms with Crippen LogP contribution in [0, 0.1) is 6.92 Å². The summed E-state index contributed by atoms with van der Waals surface area (Å²) in [4.78, 5) is 18.5. The van der Waals surface area contributed by atoms with E-state index in [2.05, 4.69) is 26.2 Å². The number of ether oxygens (including phenoxy) is 3. The lowest BCUT2D eigenvalue weighted by molar-refractivity contribution is 0.102. The van der Waals surface area contributed by atoms with Gasteiger partial charge in [-0.2, -0.15) is 0 Å². The number of hydrogen-bond acceptors (Lipinski definition) is 6. The monoisotopic (exact) mass is 496 g/mol. The molecule has 0 radical (unpaired) electrons. The van der Waals surface area contributed by atoms with Crippen molar-refractivity contribution in [2.24, 2.45) is 0 Å². The number of anilines is 1. The first-order valence-electron chi connectivity index (χ1n) is 8.42. The Morgan fingerprint density at radius 3 is 2.34 bits per heavy atom. The number of nitrogens with one attached hydrogen (secondary N) is 1. The zero-order valence-corrected chi connectivity index (χ0v) is 19.3. The van der Waals surface area contributed by atoms with Crippen molar-refractivity contribution in [3.8, 4) is 28.5 Å². The molecule has 3 rings (SSSR count). The van der Waals surface area contributed by atoms with Crippen molar-refractivity contribution < 1.29 is 19.0 Å². The molecule has 0 aliphatic rings. The Morgan fingerprint density at radius 1 is 1.10 bits per heavy atom. The number of amides is 1. The van der Waals surface area contributed by atoms with E-state index in [-0.39, 0.29) is 5.91 Å². The fourth-order valence-electron chi connectivity index (χ4n) is 2.78. The molecule has 0 aliphatic heterocycles. The Hall–Kier alpha value is -2.29. The van der Waals surface area contributed by atoms with Crippen LogP contribution in [0.3, 0.4) is 0 Å². The summed E-state index contributed by atoms with van der Waals surface area (Å²) < 4.78 is 16.5. The minimum absolute atomic E-state index is 0.334. The number of methoxy groups -OCH3 is 3. The molecule has 9 heteroatoms. The van der Waals surface area contributed by atoms with E-state index in [1.807, 2.05) is 19.1 Å². The number of hydrogen-bond donors (Lipinski definition) is 1. The molecule has 0 saturated carbocycles. The van der Waals surface area contributed by atoms with Crippen LogP contribution in [0.1, 0.15) is 15.2 Å². The maximum absolute atomic E-state index is 12.9. The second kappa shape index (κ2) is 9.02. The highest BCUT2D eigenvalue weighted by molar-refractivity contribution is 9.10. The van der Waals surface area contributed by atoms with Gasteiger partial charge in [-0.15, -0.1) is 11.3 Å². The van der Waals surface area contributed by atoms with Crippen LogP contribution in [0.4, 0.5) is 5.13 Å². The molecule has 1 N–H and O–H groups in total. The lowest BCUT2D eigenvalue weighted by Crippen LogP contribution is -2.13. The molecule has 6 nitrogen and oxygen atoms in total. The van der Waals surface area contributed by atoms with Crippen molar-refractivity contribution in [2.75, 3.05) is 26.6 Å². The van der Waals surface area contributed by atoms with E-state index in [9.17, 15) is 4.79 Å². The second-order valence-electron chi connectivity index (χ2n) is 5.89. The van der Waals surface area contributed by atoms with Gasteiger partial charge in [0, 0.05) is 15.5 Å². The summed E-state index contributed by atoms with van der Waals surface area (Å²) in [6.07, 6.45) is 0. The first kappa shape index (κ1) is 21.4. The molecular formula is C20H18BrClN2O4S. The van der Waals surface area contributed by atoms with Gasteiger partial charge in [0.2, 0.25) is 5.75 Å². The lowest BCUT2D eigenvalue weighted by Gasteiger charge is -2.16. The average Bonchev–Trinajstić information content (AvgIpc) is 3.07. The number of benzene rings is 2. The van der Waals surface area contributed by atoms with Crippen molar-refractivity contribution in [2.45, 2.75) is 6.92 Å².